The minimum absolute atomic E-state index is 0.0526. The summed E-state index contributed by atoms with van der Waals surface area (Å²) < 4.78 is 0. The molecular weight excluding hydrogens is 306 g/mol. The lowest BCUT2D eigenvalue weighted by Gasteiger charge is -2.29. The third-order valence-corrected chi connectivity index (χ3v) is 4.10. The van der Waals surface area contributed by atoms with E-state index in [0.29, 0.717) is 38.9 Å². The summed E-state index contributed by atoms with van der Waals surface area (Å²) in [5.74, 6) is -1.51. The molecule has 0 aromatic heterocycles. The number of carboxylic acids is 1. The van der Waals surface area contributed by atoms with Crippen molar-refractivity contribution >= 4 is 11.9 Å². The summed E-state index contributed by atoms with van der Waals surface area (Å²) in [5, 5.41) is 20.9. The molecule has 0 unspecified atom stereocenters. The van der Waals surface area contributed by atoms with Gasteiger partial charge in [-0.3, -0.25) is 9.59 Å². The van der Waals surface area contributed by atoms with E-state index in [1.807, 2.05) is 41.3 Å². The number of hydrogen-bond acceptors (Lipinski definition) is 4. The lowest BCUT2D eigenvalue weighted by Crippen LogP contribution is -2.34. The van der Waals surface area contributed by atoms with Crippen LogP contribution in [0.4, 0.5) is 0 Å². The fourth-order valence-electron chi connectivity index (χ4n) is 2.66. The van der Waals surface area contributed by atoms with Crippen LogP contribution in [-0.4, -0.2) is 41.5 Å². The molecule has 1 fully saturated rings. The second-order valence-electron chi connectivity index (χ2n) is 5.79. The summed E-state index contributed by atoms with van der Waals surface area (Å²) in [5.41, 5.74) is 1.17. The number of carbonyl (C=O) groups is 2. The van der Waals surface area contributed by atoms with Gasteiger partial charge in [0.25, 0.3) is 5.91 Å². The van der Waals surface area contributed by atoms with Crippen LogP contribution in [0.1, 0.15) is 18.4 Å². The summed E-state index contributed by atoms with van der Waals surface area (Å²) in [6.07, 6.45) is 3.30. The summed E-state index contributed by atoms with van der Waals surface area (Å²) in [4.78, 5) is 24.9. The number of amides is 1. The maximum Gasteiger partial charge on any atom is 0.306 e. The minimum atomic E-state index is -0.780. The molecule has 0 bridgehead atoms. The summed E-state index contributed by atoms with van der Waals surface area (Å²) >= 11 is 0. The molecule has 0 radical (unpaired) electrons. The largest absolute Gasteiger partial charge is 0.481 e. The van der Waals surface area contributed by atoms with Crippen molar-refractivity contribution in [1.29, 1.82) is 5.26 Å². The van der Waals surface area contributed by atoms with E-state index in [2.05, 4.69) is 5.32 Å². The Hall–Kier alpha value is -2.81. The predicted molar refractivity (Wildman–Crippen MR) is 88.8 cm³/mol. The van der Waals surface area contributed by atoms with Gasteiger partial charge in [-0.1, -0.05) is 30.3 Å². The molecule has 1 aromatic rings. The van der Waals surface area contributed by atoms with Crippen molar-refractivity contribution in [3.8, 4) is 6.07 Å². The van der Waals surface area contributed by atoms with Crippen LogP contribution in [0.3, 0.4) is 0 Å². The third-order valence-electron chi connectivity index (χ3n) is 4.10. The van der Waals surface area contributed by atoms with E-state index >= 15 is 0 Å². The highest BCUT2D eigenvalue weighted by Crippen LogP contribution is 2.18. The van der Waals surface area contributed by atoms with E-state index in [1.54, 1.807) is 0 Å². The number of rotatable bonds is 6. The summed E-state index contributed by atoms with van der Waals surface area (Å²) in [7, 11) is 0. The van der Waals surface area contributed by atoms with Crippen LogP contribution in [0, 0.1) is 17.2 Å². The first-order valence-corrected chi connectivity index (χ1v) is 8.01. The van der Waals surface area contributed by atoms with Crippen LogP contribution in [0.5, 0.6) is 0 Å². The van der Waals surface area contributed by atoms with Crippen LogP contribution >= 0.6 is 0 Å². The van der Waals surface area contributed by atoms with Gasteiger partial charge in [-0.2, -0.15) is 5.26 Å². The van der Waals surface area contributed by atoms with Gasteiger partial charge < -0.3 is 15.3 Å². The number of nitrogens with one attached hydrogen (secondary N) is 1. The molecule has 1 saturated heterocycles. The lowest BCUT2D eigenvalue weighted by atomic mass is 9.97. The number of carbonyl (C=O) groups excluding carboxylic acids is 1. The van der Waals surface area contributed by atoms with Crippen molar-refractivity contribution in [3.63, 3.8) is 0 Å². The lowest BCUT2D eigenvalue weighted by molar-refractivity contribution is -0.143. The zero-order valence-corrected chi connectivity index (χ0v) is 13.4. The normalized spacial score (nSPS) is 15.6. The molecule has 0 saturated carbocycles. The van der Waals surface area contributed by atoms with E-state index in [0.717, 1.165) is 5.56 Å². The highest BCUT2D eigenvalue weighted by atomic mass is 16.4. The number of likely N-dealkylation sites (tertiary alicyclic amines) is 1. The summed E-state index contributed by atoms with van der Waals surface area (Å²) in [6, 6.07) is 11.7. The molecule has 126 valence electrons. The van der Waals surface area contributed by atoms with Gasteiger partial charge in [0.05, 0.1) is 5.92 Å². The predicted octanol–water partition coefficient (Wildman–Crippen LogP) is 1.55. The molecular formula is C18H21N3O3. The Morgan fingerprint density at radius 2 is 1.96 bits per heavy atom. The van der Waals surface area contributed by atoms with Gasteiger partial charge in [-0.15, -0.1) is 0 Å². The second-order valence-corrected chi connectivity index (χ2v) is 5.79. The van der Waals surface area contributed by atoms with Gasteiger partial charge in [-0.05, 0) is 24.8 Å². The molecule has 1 aromatic carbocycles. The number of piperidine rings is 1. The Morgan fingerprint density at radius 3 is 2.54 bits per heavy atom. The first-order chi connectivity index (χ1) is 11.6. The molecule has 6 nitrogen and oxygen atoms in total. The standard InChI is InChI=1S/C18H21N3O3/c19-12-16(13-21-10-7-15(8-11-21)18(23)24)17(22)20-9-6-14-4-2-1-3-5-14/h1-5,13,15H,6-11H2,(H,20,22)(H,23,24)/b16-13-. The molecule has 2 N–H and O–H groups in total. The minimum Gasteiger partial charge on any atom is -0.481 e. The maximum atomic E-state index is 12.1. The zero-order valence-electron chi connectivity index (χ0n) is 13.4. The molecule has 1 heterocycles. The van der Waals surface area contributed by atoms with Crippen molar-refractivity contribution in [1.82, 2.24) is 10.2 Å². The first kappa shape index (κ1) is 17.5. The average molecular weight is 327 g/mol. The average Bonchev–Trinajstić information content (AvgIpc) is 2.60. The molecule has 0 aliphatic carbocycles. The van der Waals surface area contributed by atoms with Crippen LogP contribution in [0.2, 0.25) is 0 Å². The van der Waals surface area contributed by atoms with Crippen molar-refractivity contribution < 1.29 is 14.7 Å². The smallest absolute Gasteiger partial charge is 0.306 e. The molecule has 24 heavy (non-hydrogen) atoms. The Kier molecular flexibility index (Phi) is 6.38. The SMILES string of the molecule is N#C/C(=C/N1CCC(C(=O)O)CC1)C(=O)NCCc1ccccc1. The third kappa shape index (κ3) is 5.13. The van der Waals surface area contributed by atoms with Gasteiger partial charge in [0.15, 0.2) is 0 Å². The number of carboxylic acid groups (broad SMARTS) is 1. The Bertz CT molecular complexity index is 641. The number of benzene rings is 1. The molecule has 1 amide bonds. The highest BCUT2D eigenvalue weighted by molar-refractivity contribution is 5.97. The number of nitrogens with zero attached hydrogens (tertiary/aromatic N) is 2. The van der Waals surface area contributed by atoms with Crippen molar-refractivity contribution in [2.75, 3.05) is 19.6 Å². The van der Waals surface area contributed by atoms with E-state index in [1.165, 1.54) is 6.20 Å². The van der Waals surface area contributed by atoms with Gasteiger partial charge in [0, 0.05) is 25.8 Å². The monoisotopic (exact) mass is 327 g/mol. The number of nitriles is 1. The number of hydrogen-bond donors (Lipinski definition) is 2. The maximum absolute atomic E-state index is 12.1. The Morgan fingerprint density at radius 1 is 1.29 bits per heavy atom. The van der Waals surface area contributed by atoms with Gasteiger partial charge in [-0.25, -0.2) is 0 Å². The Labute approximate surface area is 141 Å². The fraction of sp³-hybridized carbons (Fsp3) is 0.389. The number of aliphatic carboxylic acids is 1. The Balaban J connectivity index is 1.83. The molecule has 6 heteroatoms. The fourth-order valence-corrected chi connectivity index (χ4v) is 2.66. The topological polar surface area (TPSA) is 93.4 Å². The van der Waals surface area contributed by atoms with Crippen LogP contribution in [0.15, 0.2) is 42.1 Å². The van der Waals surface area contributed by atoms with Crippen LogP contribution < -0.4 is 5.32 Å². The van der Waals surface area contributed by atoms with Crippen LogP contribution in [-0.2, 0) is 16.0 Å². The highest BCUT2D eigenvalue weighted by Gasteiger charge is 2.23. The van der Waals surface area contributed by atoms with E-state index in [4.69, 9.17) is 5.11 Å². The van der Waals surface area contributed by atoms with E-state index in [-0.39, 0.29) is 11.5 Å². The second kappa shape index (κ2) is 8.73. The molecule has 0 atom stereocenters. The molecule has 1 aliphatic rings. The molecule has 1 aliphatic heterocycles. The van der Waals surface area contributed by atoms with E-state index < -0.39 is 11.9 Å². The quantitative estimate of drug-likeness (QED) is 0.611. The van der Waals surface area contributed by atoms with Crippen molar-refractivity contribution in [3.05, 3.63) is 47.7 Å². The van der Waals surface area contributed by atoms with Crippen LogP contribution in [0.25, 0.3) is 0 Å². The van der Waals surface area contributed by atoms with Gasteiger partial charge in [0.1, 0.15) is 11.6 Å². The van der Waals surface area contributed by atoms with Crippen molar-refractivity contribution in [2.45, 2.75) is 19.3 Å². The molecule has 0 spiro atoms. The summed E-state index contributed by atoms with van der Waals surface area (Å²) in [6.45, 7) is 1.54. The van der Waals surface area contributed by atoms with Gasteiger partial charge in [0.2, 0.25) is 0 Å². The molecule has 2 rings (SSSR count). The first-order valence-electron chi connectivity index (χ1n) is 8.01. The van der Waals surface area contributed by atoms with E-state index in [9.17, 15) is 14.9 Å². The van der Waals surface area contributed by atoms with Gasteiger partial charge >= 0.3 is 5.97 Å². The zero-order chi connectivity index (χ0) is 17.4. The van der Waals surface area contributed by atoms with Crippen molar-refractivity contribution in [2.24, 2.45) is 5.92 Å².